The number of carbonyl (C=O) groups excluding carboxylic acids is 2. The number of methoxy groups -OCH3 is 1. The molecule has 0 saturated heterocycles. The molecule has 7 nitrogen and oxygen atoms in total. The largest absolute Gasteiger partial charge is 0.465 e. The van der Waals surface area contributed by atoms with E-state index < -0.39 is 12.0 Å². The number of benzene rings is 1. The van der Waals surface area contributed by atoms with E-state index in [1.165, 1.54) is 13.3 Å². The first-order valence-electron chi connectivity index (χ1n) is 5.97. The molecule has 1 aromatic heterocycles. The second-order valence-electron chi connectivity index (χ2n) is 4.01. The molecule has 2 aromatic rings. The van der Waals surface area contributed by atoms with Crippen molar-refractivity contribution in [3.05, 3.63) is 47.7 Å². The number of carbonyl (C=O) groups is 2. The number of ether oxygens (including phenoxy) is 1. The van der Waals surface area contributed by atoms with E-state index in [1.54, 1.807) is 36.4 Å². The molecule has 21 heavy (non-hydrogen) atoms. The van der Waals surface area contributed by atoms with Gasteiger partial charge in [0.2, 0.25) is 0 Å². The van der Waals surface area contributed by atoms with Gasteiger partial charge in [-0.1, -0.05) is 12.1 Å². The molecule has 2 rings (SSSR count). The molecule has 0 spiro atoms. The molecule has 0 radical (unpaired) electrons. The fourth-order valence-electron chi connectivity index (χ4n) is 1.65. The summed E-state index contributed by atoms with van der Waals surface area (Å²) in [6.07, 6.45) is 1.32. The van der Waals surface area contributed by atoms with Crippen LogP contribution in [0, 0.1) is 0 Å². The zero-order chi connectivity index (χ0) is 15.2. The summed E-state index contributed by atoms with van der Waals surface area (Å²) in [7, 11) is 1.32. The van der Waals surface area contributed by atoms with E-state index in [9.17, 15) is 9.59 Å². The second kappa shape index (κ2) is 6.38. The standard InChI is InChI=1S/C14H13N3O4/c1-20-13(18)10-4-2-3-9(7-10)12-6-5-11(21-12)8-16-17-14(15)19/h2-8H,1H3,(H3,15,17,19)/b16-8-. The molecule has 0 unspecified atom stereocenters. The number of hydrazone groups is 1. The first kappa shape index (κ1) is 14.3. The number of rotatable bonds is 4. The second-order valence-corrected chi connectivity index (χ2v) is 4.01. The van der Waals surface area contributed by atoms with Crippen molar-refractivity contribution in [2.75, 3.05) is 7.11 Å². The van der Waals surface area contributed by atoms with Gasteiger partial charge in [0.1, 0.15) is 11.5 Å². The van der Waals surface area contributed by atoms with E-state index in [2.05, 4.69) is 15.3 Å². The third-order valence-corrected chi connectivity index (χ3v) is 2.56. The highest BCUT2D eigenvalue weighted by Crippen LogP contribution is 2.22. The van der Waals surface area contributed by atoms with Crippen LogP contribution < -0.4 is 11.2 Å². The highest BCUT2D eigenvalue weighted by molar-refractivity contribution is 5.90. The van der Waals surface area contributed by atoms with Crippen LogP contribution in [0.3, 0.4) is 0 Å². The fourth-order valence-corrected chi connectivity index (χ4v) is 1.65. The van der Waals surface area contributed by atoms with Crippen molar-refractivity contribution in [1.29, 1.82) is 0 Å². The maximum Gasteiger partial charge on any atom is 0.337 e. The van der Waals surface area contributed by atoms with Crippen LogP contribution in [0.2, 0.25) is 0 Å². The van der Waals surface area contributed by atoms with Crippen LogP contribution >= 0.6 is 0 Å². The summed E-state index contributed by atoms with van der Waals surface area (Å²) in [5.74, 6) is 0.569. The number of nitrogens with one attached hydrogen (secondary N) is 1. The number of esters is 1. The number of primary amides is 1. The zero-order valence-electron chi connectivity index (χ0n) is 11.2. The van der Waals surface area contributed by atoms with Crippen molar-refractivity contribution in [1.82, 2.24) is 5.43 Å². The Morgan fingerprint density at radius 3 is 2.86 bits per heavy atom. The van der Waals surface area contributed by atoms with Gasteiger partial charge in [-0.25, -0.2) is 15.0 Å². The molecule has 0 saturated carbocycles. The molecule has 2 amide bonds. The molecule has 0 fully saturated rings. The SMILES string of the molecule is COC(=O)c1cccc(-c2ccc(/C=N\NC(N)=O)o2)c1. The van der Waals surface area contributed by atoms with E-state index in [1.807, 2.05) is 0 Å². The van der Waals surface area contributed by atoms with Gasteiger partial charge in [0.25, 0.3) is 0 Å². The van der Waals surface area contributed by atoms with Gasteiger partial charge in [-0.05, 0) is 24.3 Å². The van der Waals surface area contributed by atoms with Crippen LogP contribution in [0.15, 0.2) is 45.9 Å². The van der Waals surface area contributed by atoms with Gasteiger partial charge in [-0.2, -0.15) is 5.10 Å². The quantitative estimate of drug-likeness (QED) is 0.507. The number of urea groups is 1. The summed E-state index contributed by atoms with van der Waals surface area (Å²) < 4.78 is 10.2. The van der Waals surface area contributed by atoms with Gasteiger partial charge in [0, 0.05) is 5.56 Å². The van der Waals surface area contributed by atoms with Crippen molar-refractivity contribution >= 4 is 18.2 Å². The highest BCUT2D eigenvalue weighted by atomic mass is 16.5. The van der Waals surface area contributed by atoms with Crippen molar-refractivity contribution in [3.63, 3.8) is 0 Å². The highest BCUT2D eigenvalue weighted by Gasteiger charge is 2.09. The average Bonchev–Trinajstić information content (AvgIpc) is 2.95. The van der Waals surface area contributed by atoms with Gasteiger partial charge in [-0.3, -0.25) is 0 Å². The minimum Gasteiger partial charge on any atom is -0.465 e. The number of nitrogens with two attached hydrogens (primary N) is 1. The molecule has 3 N–H and O–H groups in total. The summed E-state index contributed by atoms with van der Waals surface area (Å²) in [6, 6.07) is 9.48. The Hall–Kier alpha value is -3.09. The lowest BCUT2D eigenvalue weighted by Gasteiger charge is -2.01. The number of hydrogen-bond donors (Lipinski definition) is 2. The van der Waals surface area contributed by atoms with Gasteiger partial charge in [0.05, 0.1) is 18.9 Å². The molecular weight excluding hydrogens is 274 g/mol. The van der Waals surface area contributed by atoms with Gasteiger partial charge in [0.15, 0.2) is 0 Å². The van der Waals surface area contributed by atoms with Crippen LogP contribution in [-0.2, 0) is 4.74 Å². The van der Waals surface area contributed by atoms with Gasteiger partial charge >= 0.3 is 12.0 Å². The maximum atomic E-state index is 11.5. The number of furan rings is 1. The summed E-state index contributed by atoms with van der Waals surface area (Å²) in [5, 5.41) is 3.59. The number of amides is 2. The average molecular weight is 287 g/mol. The lowest BCUT2D eigenvalue weighted by molar-refractivity contribution is 0.0601. The molecule has 0 aliphatic carbocycles. The topological polar surface area (TPSA) is 107 Å². The third kappa shape index (κ3) is 3.69. The van der Waals surface area contributed by atoms with Crippen LogP contribution in [0.25, 0.3) is 11.3 Å². The third-order valence-electron chi connectivity index (χ3n) is 2.56. The molecular formula is C14H13N3O4. The Labute approximate surface area is 120 Å². The molecule has 108 valence electrons. The minimum atomic E-state index is -0.760. The molecule has 1 heterocycles. The Balaban J connectivity index is 2.19. The van der Waals surface area contributed by atoms with E-state index in [0.717, 1.165) is 5.56 Å². The van der Waals surface area contributed by atoms with Crippen LogP contribution in [0.1, 0.15) is 16.1 Å². The van der Waals surface area contributed by atoms with E-state index >= 15 is 0 Å². The lowest BCUT2D eigenvalue weighted by Crippen LogP contribution is -2.24. The summed E-state index contributed by atoms with van der Waals surface area (Å²) >= 11 is 0. The summed E-state index contributed by atoms with van der Waals surface area (Å²) in [4.78, 5) is 22.0. The monoisotopic (exact) mass is 287 g/mol. The van der Waals surface area contributed by atoms with Crippen LogP contribution in [0.4, 0.5) is 4.79 Å². The predicted molar refractivity (Wildman–Crippen MR) is 75.8 cm³/mol. The van der Waals surface area contributed by atoms with Crippen molar-refractivity contribution in [2.45, 2.75) is 0 Å². The summed E-state index contributed by atoms with van der Waals surface area (Å²) in [6.45, 7) is 0. The smallest absolute Gasteiger partial charge is 0.337 e. The maximum absolute atomic E-state index is 11.5. The Morgan fingerprint density at radius 2 is 2.14 bits per heavy atom. The molecule has 0 atom stereocenters. The molecule has 7 heteroatoms. The predicted octanol–water partition coefficient (Wildman–Crippen LogP) is 1.74. The Morgan fingerprint density at radius 1 is 1.33 bits per heavy atom. The van der Waals surface area contributed by atoms with Crippen molar-refractivity contribution in [3.8, 4) is 11.3 Å². The Bertz CT molecular complexity index is 691. The summed E-state index contributed by atoms with van der Waals surface area (Å²) in [5.41, 5.74) is 8.09. The van der Waals surface area contributed by atoms with Crippen LogP contribution in [-0.4, -0.2) is 25.3 Å². The van der Waals surface area contributed by atoms with E-state index in [-0.39, 0.29) is 0 Å². The van der Waals surface area contributed by atoms with Crippen LogP contribution in [0.5, 0.6) is 0 Å². The minimum absolute atomic E-state index is 0.421. The number of hydrogen-bond acceptors (Lipinski definition) is 5. The molecule has 0 aliphatic heterocycles. The first-order valence-corrected chi connectivity index (χ1v) is 5.97. The van der Waals surface area contributed by atoms with E-state index in [4.69, 9.17) is 10.2 Å². The molecule has 0 aliphatic rings. The fraction of sp³-hybridized carbons (Fsp3) is 0.0714. The van der Waals surface area contributed by atoms with Crippen molar-refractivity contribution < 1.29 is 18.7 Å². The van der Waals surface area contributed by atoms with Gasteiger partial charge < -0.3 is 14.9 Å². The lowest BCUT2D eigenvalue weighted by atomic mass is 10.1. The molecule has 0 bridgehead atoms. The number of nitrogens with zero attached hydrogens (tertiary/aromatic N) is 1. The molecule has 1 aromatic carbocycles. The Kier molecular flexibility index (Phi) is 4.35. The zero-order valence-corrected chi connectivity index (χ0v) is 11.2. The first-order chi connectivity index (χ1) is 10.1. The normalized spacial score (nSPS) is 10.5. The van der Waals surface area contributed by atoms with Crippen molar-refractivity contribution in [2.24, 2.45) is 10.8 Å². The van der Waals surface area contributed by atoms with Gasteiger partial charge in [-0.15, -0.1) is 0 Å². The van der Waals surface area contributed by atoms with E-state index in [0.29, 0.717) is 17.1 Å².